The molecule has 6 heteroatoms. The van der Waals surface area contributed by atoms with Gasteiger partial charge in [-0.05, 0) is 31.9 Å². The maximum absolute atomic E-state index is 12.3. The molecule has 0 amide bonds. The van der Waals surface area contributed by atoms with Crippen LogP contribution in [0.5, 0.6) is 0 Å². The molecule has 1 aromatic rings. The Kier molecular flexibility index (Phi) is 4.32. The van der Waals surface area contributed by atoms with Crippen molar-refractivity contribution in [3.05, 3.63) is 18.0 Å². The van der Waals surface area contributed by atoms with Crippen molar-refractivity contribution in [3.8, 4) is 0 Å². The second kappa shape index (κ2) is 5.64. The number of aryl methyl sites for hydroxylation is 1. The van der Waals surface area contributed by atoms with E-state index in [0.29, 0.717) is 17.4 Å². The highest BCUT2D eigenvalue weighted by Crippen LogP contribution is 2.30. The zero-order chi connectivity index (χ0) is 14.0. The molecule has 108 valence electrons. The first-order valence-corrected chi connectivity index (χ1v) is 8.32. The molecule has 0 bridgehead atoms. The Morgan fingerprint density at radius 3 is 2.68 bits per heavy atom. The lowest BCUT2D eigenvalue weighted by molar-refractivity contribution is 0.577. The lowest BCUT2D eigenvalue weighted by atomic mass is 10.4. The van der Waals surface area contributed by atoms with Gasteiger partial charge in [-0.3, -0.25) is 0 Å². The van der Waals surface area contributed by atoms with Crippen LogP contribution in [-0.2, 0) is 23.1 Å². The van der Waals surface area contributed by atoms with Crippen LogP contribution < -0.4 is 10.0 Å². The standard InChI is InChI=1S/C13H23N3O2S/c1-4-5-16-9-12(7-11(16)8-14-3)19(17,18)15-13-6-10(13)2/h7,9-10,13-15H,4-6,8H2,1-3H3. The normalized spacial score (nSPS) is 22.7. The molecule has 1 heterocycles. The predicted octanol–water partition coefficient (Wildman–Crippen LogP) is 1.30. The van der Waals surface area contributed by atoms with Crippen LogP contribution in [0.4, 0.5) is 0 Å². The summed E-state index contributed by atoms with van der Waals surface area (Å²) in [5.41, 5.74) is 1.01. The van der Waals surface area contributed by atoms with E-state index in [1.165, 1.54) is 0 Å². The van der Waals surface area contributed by atoms with Gasteiger partial charge in [-0.1, -0.05) is 13.8 Å². The minimum absolute atomic E-state index is 0.118. The molecule has 0 saturated heterocycles. The Hall–Kier alpha value is -0.850. The molecule has 2 rings (SSSR count). The van der Waals surface area contributed by atoms with Crippen LogP contribution in [-0.4, -0.2) is 26.1 Å². The molecule has 5 nitrogen and oxygen atoms in total. The molecule has 1 saturated carbocycles. The third kappa shape index (κ3) is 3.38. The van der Waals surface area contributed by atoms with Gasteiger partial charge in [0.25, 0.3) is 0 Å². The highest BCUT2D eigenvalue weighted by atomic mass is 32.2. The van der Waals surface area contributed by atoms with Crippen molar-refractivity contribution in [2.45, 2.75) is 50.7 Å². The summed E-state index contributed by atoms with van der Waals surface area (Å²) in [4.78, 5) is 0.380. The van der Waals surface area contributed by atoms with Crippen molar-refractivity contribution in [3.63, 3.8) is 0 Å². The maximum atomic E-state index is 12.3. The highest BCUT2D eigenvalue weighted by molar-refractivity contribution is 7.89. The third-order valence-electron chi connectivity index (χ3n) is 3.51. The van der Waals surface area contributed by atoms with Gasteiger partial charge in [-0.15, -0.1) is 0 Å². The average Bonchev–Trinajstić information content (AvgIpc) is 2.86. The average molecular weight is 285 g/mol. The topological polar surface area (TPSA) is 63.1 Å². The minimum Gasteiger partial charge on any atom is -0.349 e. The summed E-state index contributed by atoms with van der Waals surface area (Å²) in [7, 11) is -1.50. The number of nitrogens with one attached hydrogen (secondary N) is 2. The zero-order valence-corrected chi connectivity index (χ0v) is 12.6. The van der Waals surface area contributed by atoms with Crippen LogP contribution >= 0.6 is 0 Å². The smallest absolute Gasteiger partial charge is 0.242 e. The summed E-state index contributed by atoms with van der Waals surface area (Å²) >= 11 is 0. The second-order valence-corrected chi connectivity index (χ2v) is 7.05. The summed E-state index contributed by atoms with van der Waals surface area (Å²) in [5.74, 6) is 0.462. The van der Waals surface area contributed by atoms with Gasteiger partial charge in [0.05, 0.1) is 4.90 Å². The van der Waals surface area contributed by atoms with Crippen molar-refractivity contribution < 1.29 is 8.42 Å². The van der Waals surface area contributed by atoms with E-state index in [1.807, 2.05) is 11.6 Å². The van der Waals surface area contributed by atoms with Gasteiger partial charge in [0, 0.05) is 31.0 Å². The molecule has 1 fully saturated rings. The lowest BCUT2D eigenvalue weighted by Crippen LogP contribution is -2.26. The van der Waals surface area contributed by atoms with E-state index in [4.69, 9.17) is 0 Å². The second-order valence-electron chi connectivity index (χ2n) is 5.33. The molecule has 1 aliphatic carbocycles. The molecule has 0 aliphatic heterocycles. The fourth-order valence-corrected chi connectivity index (χ4v) is 3.62. The summed E-state index contributed by atoms with van der Waals surface area (Å²) in [6.45, 7) is 5.66. The lowest BCUT2D eigenvalue weighted by Gasteiger charge is -2.06. The van der Waals surface area contributed by atoms with Crippen LogP contribution in [0.1, 0.15) is 32.4 Å². The van der Waals surface area contributed by atoms with Crippen molar-refractivity contribution in [1.29, 1.82) is 0 Å². The Labute approximate surface area is 115 Å². The maximum Gasteiger partial charge on any atom is 0.242 e. The number of hydrogen-bond acceptors (Lipinski definition) is 3. The predicted molar refractivity (Wildman–Crippen MR) is 75.4 cm³/mol. The quantitative estimate of drug-likeness (QED) is 0.794. The summed E-state index contributed by atoms with van der Waals surface area (Å²) < 4.78 is 29.3. The molecule has 19 heavy (non-hydrogen) atoms. The number of sulfonamides is 1. The van der Waals surface area contributed by atoms with Crippen LogP contribution in [0, 0.1) is 5.92 Å². The first-order chi connectivity index (χ1) is 8.97. The van der Waals surface area contributed by atoms with Crippen molar-refractivity contribution in [2.24, 2.45) is 5.92 Å². The Bertz CT molecular complexity index is 513. The fourth-order valence-electron chi connectivity index (χ4n) is 2.20. The van der Waals surface area contributed by atoms with Gasteiger partial charge < -0.3 is 9.88 Å². The molecule has 0 spiro atoms. The van der Waals surface area contributed by atoms with Gasteiger partial charge in [0.15, 0.2) is 0 Å². The summed E-state index contributed by atoms with van der Waals surface area (Å²) in [5, 5.41) is 3.07. The number of rotatable bonds is 7. The van der Waals surface area contributed by atoms with Crippen molar-refractivity contribution in [1.82, 2.24) is 14.6 Å². The molecule has 0 aromatic carbocycles. The monoisotopic (exact) mass is 285 g/mol. The first-order valence-electron chi connectivity index (χ1n) is 6.84. The first kappa shape index (κ1) is 14.6. The van der Waals surface area contributed by atoms with E-state index in [-0.39, 0.29) is 6.04 Å². The molecule has 0 radical (unpaired) electrons. The SMILES string of the molecule is CCCn1cc(S(=O)(=O)NC2CC2C)cc1CNC. The summed E-state index contributed by atoms with van der Waals surface area (Å²) in [6.07, 6.45) is 3.67. The number of hydrogen-bond donors (Lipinski definition) is 2. The zero-order valence-electron chi connectivity index (χ0n) is 11.8. The van der Waals surface area contributed by atoms with Crippen molar-refractivity contribution in [2.75, 3.05) is 7.05 Å². The van der Waals surface area contributed by atoms with Crippen LogP contribution in [0.15, 0.2) is 17.2 Å². The Morgan fingerprint density at radius 1 is 1.47 bits per heavy atom. The van der Waals surface area contributed by atoms with Gasteiger partial charge in [-0.2, -0.15) is 0 Å². The molecule has 1 aliphatic rings. The molecule has 1 aromatic heterocycles. The molecule has 2 atom stereocenters. The fraction of sp³-hybridized carbons (Fsp3) is 0.692. The molecular weight excluding hydrogens is 262 g/mol. The summed E-state index contributed by atoms with van der Waals surface area (Å²) in [6, 6.07) is 1.88. The van der Waals surface area contributed by atoms with Gasteiger partial charge in [0.1, 0.15) is 0 Å². The van der Waals surface area contributed by atoms with Gasteiger partial charge in [0.2, 0.25) is 10.0 Å². The van der Waals surface area contributed by atoms with Crippen LogP contribution in [0.2, 0.25) is 0 Å². The van der Waals surface area contributed by atoms with Gasteiger partial charge in [-0.25, -0.2) is 13.1 Å². The highest BCUT2D eigenvalue weighted by Gasteiger charge is 2.36. The largest absolute Gasteiger partial charge is 0.349 e. The third-order valence-corrected chi connectivity index (χ3v) is 4.97. The van der Waals surface area contributed by atoms with Crippen LogP contribution in [0.3, 0.4) is 0 Å². The molecule has 2 unspecified atom stereocenters. The Morgan fingerprint density at radius 2 is 2.16 bits per heavy atom. The van der Waals surface area contributed by atoms with E-state index in [1.54, 1.807) is 12.3 Å². The van der Waals surface area contributed by atoms with Crippen LogP contribution in [0.25, 0.3) is 0 Å². The van der Waals surface area contributed by atoms with E-state index in [0.717, 1.165) is 25.1 Å². The van der Waals surface area contributed by atoms with Gasteiger partial charge >= 0.3 is 0 Å². The van der Waals surface area contributed by atoms with E-state index in [2.05, 4.69) is 23.9 Å². The van der Waals surface area contributed by atoms with E-state index < -0.39 is 10.0 Å². The molecular formula is C13H23N3O2S. The minimum atomic E-state index is -3.37. The number of aromatic nitrogens is 1. The van der Waals surface area contributed by atoms with E-state index >= 15 is 0 Å². The van der Waals surface area contributed by atoms with E-state index in [9.17, 15) is 8.42 Å². The number of nitrogens with zero attached hydrogens (tertiary/aromatic N) is 1. The Balaban J connectivity index is 2.21. The van der Waals surface area contributed by atoms with Crippen molar-refractivity contribution >= 4 is 10.0 Å². The molecule has 2 N–H and O–H groups in total.